The van der Waals surface area contributed by atoms with Gasteiger partial charge in [0.1, 0.15) is 0 Å². The number of hydrogen-bond donors (Lipinski definition) is 2. The molecule has 2 aromatic rings. The predicted octanol–water partition coefficient (Wildman–Crippen LogP) is 1.25. The first-order chi connectivity index (χ1) is 13.3. The lowest BCUT2D eigenvalue weighted by molar-refractivity contribution is -0.123. The smallest absolute Gasteiger partial charge is 0.338 e. The molecule has 0 unspecified atom stereocenters. The van der Waals surface area contributed by atoms with Crippen molar-refractivity contribution in [1.82, 2.24) is 5.32 Å². The normalized spacial score (nSPS) is 10.8. The molecule has 0 aliphatic rings. The Labute approximate surface area is 162 Å². The van der Waals surface area contributed by atoms with E-state index in [1.807, 2.05) is 0 Å². The van der Waals surface area contributed by atoms with Crippen molar-refractivity contribution in [2.45, 2.75) is 11.8 Å². The molecule has 2 rings (SSSR count). The SMILES string of the molecule is CCN(c1ccccc1)S(=O)(=O)c1ccc(C(=O)OCC(=O)NC(N)=O)cc1. The maximum atomic E-state index is 12.9. The van der Waals surface area contributed by atoms with Crippen molar-refractivity contribution in [2.75, 3.05) is 17.5 Å². The number of amides is 3. The number of nitrogens with two attached hydrogens (primary N) is 1. The lowest BCUT2D eigenvalue weighted by Crippen LogP contribution is -2.37. The van der Waals surface area contributed by atoms with Crippen LogP contribution in [0.2, 0.25) is 0 Å². The van der Waals surface area contributed by atoms with Crippen LogP contribution in [0.5, 0.6) is 0 Å². The number of rotatable bonds is 7. The topological polar surface area (TPSA) is 136 Å². The Morgan fingerprint density at radius 1 is 1.04 bits per heavy atom. The quantitative estimate of drug-likeness (QED) is 0.666. The van der Waals surface area contributed by atoms with Crippen LogP contribution in [-0.4, -0.2) is 39.5 Å². The monoisotopic (exact) mass is 405 g/mol. The van der Waals surface area contributed by atoms with Gasteiger partial charge in [-0.05, 0) is 43.3 Å². The highest BCUT2D eigenvalue weighted by atomic mass is 32.2. The van der Waals surface area contributed by atoms with Crippen LogP contribution >= 0.6 is 0 Å². The number of hydrogen-bond acceptors (Lipinski definition) is 6. The first-order valence-electron chi connectivity index (χ1n) is 8.20. The van der Waals surface area contributed by atoms with Crippen LogP contribution < -0.4 is 15.4 Å². The van der Waals surface area contributed by atoms with Gasteiger partial charge in [0.25, 0.3) is 15.9 Å². The van der Waals surface area contributed by atoms with Crippen molar-refractivity contribution in [3.8, 4) is 0 Å². The number of anilines is 1. The largest absolute Gasteiger partial charge is 0.452 e. The second-order valence-electron chi connectivity index (χ2n) is 5.52. The summed E-state index contributed by atoms with van der Waals surface area (Å²) in [4.78, 5) is 33.7. The third kappa shape index (κ3) is 5.07. The van der Waals surface area contributed by atoms with E-state index in [0.29, 0.717) is 5.69 Å². The molecular weight excluding hydrogens is 386 g/mol. The lowest BCUT2D eigenvalue weighted by atomic mass is 10.2. The Hall–Kier alpha value is -3.40. The Bertz CT molecular complexity index is 959. The van der Waals surface area contributed by atoms with Gasteiger partial charge in [-0.15, -0.1) is 0 Å². The standard InChI is InChI=1S/C18H19N3O6S/c1-2-21(14-6-4-3-5-7-14)28(25,26)15-10-8-13(9-11-15)17(23)27-12-16(22)20-18(19)24/h3-11H,2,12H2,1H3,(H3,19,20,22,24). The van der Waals surface area contributed by atoms with Crippen LogP contribution in [0.3, 0.4) is 0 Å². The van der Waals surface area contributed by atoms with E-state index < -0.39 is 34.5 Å². The molecule has 10 heteroatoms. The second kappa shape index (κ2) is 9.00. The van der Waals surface area contributed by atoms with Crippen molar-refractivity contribution in [1.29, 1.82) is 0 Å². The van der Waals surface area contributed by atoms with Crippen molar-refractivity contribution < 1.29 is 27.5 Å². The van der Waals surface area contributed by atoms with Crippen molar-refractivity contribution in [3.63, 3.8) is 0 Å². The molecule has 148 valence electrons. The van der Waals surface area contributed by atoms with Crippen molar-refractivity contribution in [3.05, 3.63) is 60.2 Å². The van der Waals surface area contributed by atoms with E-state index in [1.54, 1.807) is 42.6 Å². The Morgan fingerprint density at radius 2 is 1.64 bits per heavy atom. The average molecular weight is 405 g/mol. The number of sulfonamides is 1. The molecule has 9 nitrogen and oxygen atoms in total. The first-order valence-corrected chi connectivity index (χ1v) is 9.64. The number of ether oxygens (including phenoxy) is 1. The molecule has 0 aromatic heterocycles. The summed E-state index contributed by atoms with van der Waals surface area (Å²) in [5, 5.41) is 1.75. The number of nitrogens with one attached hydrogen (secondary N) is 1. The minimum Gasteiger partial charge on any atom is -0.452 e. The predicted molar refractivity (Wildman–Crippen MR) is 101 cm³/mol. The summed E-state index contributed by atoms with van der Waals surface area (Å²) in [7, 11) is -3.82. The maximum Gasteiger partial charge on any atom is 0.338 e. The van der Waals surface area contributed by atoms with Crippen LogP contribution in [0.25, 0.3) is 0 Å². The van der Waals surface area contributed by atoms with E-state index >= 15 is 0 Å². The molecule has 0 spiro atoms. The molecule has 0 atom stereocenters. The maximum absolute atomic E-state index is 12.9. The molecule has 0 saturated heterocycles. The highest BCUT2D eigenvalue weighted by molar-refractivity contribution is 7.92. The average Bonchev–Trinajstić information content (AvgIpc) is 2.67. The van der Waals surface area contributed by atoms with Gasteiger partial charge >= 0.3 is 12.0 Å². The molecule has 3 amide bonds. The second-order valence-corrected chi connectivity index (χ2v) is 7.38. The summed E-state index contributed by atoms with van der Waals surface area (Å²) in [6.45, 7) is 1.25. The summed E-state index contributed by atoms with van der Waals surface area (Å²) >= 11 is 0. The van der Waals surface area contributed by atoms with Gasteiger partial charge in [-0.3, -0.25) is 14.4 Å². The molecule has 0 aliphatic carbocycles. The molecule has 3 N–H and O–H groups in total. The number of esters is 1. The number of nitrogens with zero attached hydrogens (tertiary/aromatic N) is 1. The van der Waals surface area contributed by atoms with Crippen LogP contribution in [-0.2, 0) is 19.6 Å². The molecule has 28 heavy (non-hydrogen) atoms. The minimum absolute atomic E-state index is 0.00113. The summed E-state index contributed by atoms with van der Waals surface area (Å²) in [6.07, 6.45) is 0. The summed E-state index contributed by atoms with van der Waals surface area (Å²) in [5.74, 6) is -1.72. The molecule has 2 aromatic carbocycles. The molecular formula is C18H19N3O6S. The fourth-order valence-corrected chi connectivity index (χ4v) is 3.84. The molecule has 0 fully saturated rings. The van der Waals surface area contributed by atoms with Gasteiger partial charge in [0.15, 0.2) is 6.61 Å². The fourth-order valence-electron chi connectivity index (χ4n) is 2.36. The highest BCUT2D eigenvalue weighted by Crippen LogP contribution is 2.23. The van der Waals surface area contributed by atoms with Gasteiger partial charge in [0, 0.05) is 6.54 Å². The molecule has 0 heterocycles. The summed E-state index contributed by atoms with van der Waals surface area (Å²) < 4.78 is 31.7. The zero-order valence-corrected chi connectivity index (χ0v) is 15.8. The molecule has 0 radical (unpaired) electrons. The molecule has 0 bridgehead atoms. The van der Waals surface area contributed by atoms with Gasteiger partial charge in [-0.1, -0.05) is 18.2 Å². The van der Waals surface area contributed by atoms with E-state index in [2.05, 4.69) is 0 Å². The third-order valence-electron chi connectivity index (χ3n) is 3.61. The number of para-hydroxylation sites is 1. The van der Waals surface area contributed by atoms with Gasteiger partial charge in [0.05, 0.1) is 16.1 Å². The zero-order chi connectivity index (χ0) is 20.7. The Balaban J connectivity index is 2.13. The minimum atomic E-state index is -3.82. The third-order valence-corrected chi connectivity index (χ3v) is 5.52. The molecule has 0 aliphatic heterocycles. The number of carbonyl (C=O) groups is 3. The number of imide groups is 1. The number of primary amides is 1. The van der Waals surface area contributed by atoms with E-state index in [9.17, 15) is 22.8 Å². The van der Waals surface area contributed by atoms with Gasteiger partial charge < -0.3 is 10.5 Å². The number of urea groups is 1. The van der Waals surface area contributed by atoms with Crippen molar-refractivity contribution >= 4 is 33.6 Å². The van der Waals surface area contributed by atoms with Crippen LogP contribution in [0, 0.1) is 0 Å². The Kier molecular flexibility index (Phi) is 6.72. The Morgan fingerprint density at radius 3 is 2.18 bits per heavy atom. The molecule has 0 saturated carbocycles. The highest BCUT2D eigenvalue weighted by Gasteiger charge is 2.24. The lowest BCUT2D eigenvalue weighted by Gasteiger charge is -2.22. The van der Waals surface area contributed by atoms with Crippen LogP contribution in [0.1, 0.15) is 17.3 Å². The van der Waals surface area contributed by atoms with E-state index in [-0.39, 0.29) is 17.0 Å². The number of carbonyl (C=O) groups excluding carboxylic acids is 3. The first kappa shape index (κ1) is 20.9. The summed E-state index contributed by atoms with van der Waals surface area (Å²) in [6, 6.07) is 12.7. The van der Waals surface area contributed by atoms with E-state index in [4.69, 9.17) is 10.5 Å². The van der Waals surface area contributed by atoms with E-state index in [1.165, 1.54) is 28.6 Å². The van der Waals surface area contributed by atoms with Gasteiger partial charge in [0.2, 0.25) is 0 Å². The van der Waals surface area contributed by atoms with Crippen LogP contribution in [0.15, 0.2) is 59.5 Å². The fraction of sp³-hybridized carbons (Fsp3) is 0.167. The van der Waals surface area contributed by atoms with Crippen LogP contribution in [0.4, 0.5) is 10.5 Å². The van der Waals surface area contributed by atoms with Gasteiger partial charge in [-0.25, -0.2) is 18.0 Å². The number of benzene rings is 2. The summed E-state index contributed by atoms with van der Waals surface area (Å²) in [5.41, 5.74) is 5.35. The zero-order valence-electron chi connectivity index (χ0n) is 15.0. The van der Waals surface area contributed by atoms with Crippen molar-refractivity contribution in [2.24, 2.45) is 5.73 Å². The van der Waals surface area contributed by atoms with E-state index in [0.717, 1.165) is 0 Å². The van der Waals surface area contributed by atoms with Gasteiger partial charge in [-0.2, -0.15) is 0 Å².